The van der Waals surface area contributed by atoms with Gasteiger partial charge in [-0.05, 0) is 47.7 Å². The van der Waals surface area contributed by atoms with Gasteiger partial charge >= 0.3 is 0 Å². The van der Waals surface area contributed by atoms with Gasteiger partial charge in [0.1, 0.15) is 0 Å². The lowest BCUT2D eigenvalue weighted by Crippen LogP contribution is -2.30. The predicted molar refractivity (Wildman–Crippen MR) is 68.6 cm³/mol. The molecule has 102 valence electrons. The van der Waals surface area contributed by atoms with E-state index in [1.807, 2.05) is 0 Å². The average molecular weight is 262 g/mol. The van der Waals surface area contributed by atoms with Gasteiger partial charge in [0, 0.05) is 6.07 Å². The first-order chi connectivity index (χ1) is 9.36. The molecule has 2 unspecified atom stereocenters. The Kier molecular flexibility index (Phi) is 3.54. The molecule has 7 heteroatoms. The molecule has 1 fully saturated rings. The Morgan fingerprint density at radius 1 is 1.26 bits per heavy atom. The first-order valence-electron chi connectivity index (χ1n) is 6.75. The second-order valence-electron chi connectivity index (χ2n) is 5.05. The van der Waals surface area contributed by atoms with Crippen molar-refractivity contribution < 1.29 is 4.74 Å². The van der Waals surface area contributed by atoms with Gasteiger partial charge in [-0.25, -0.2) is 0 Å². The van der Waals surface area contributed by atoms with Crippen LogP contribution in [0.1, 0.15) is 25.7 Å². The molecule has 2 heterocycles. The molecule has 0 spiro atoms. The Bertz CT molecular complexity index is 542. The third kappa shape index (κ3) is 2.65. The number of nitrogens with zero attached hydrogens (tertiary/aromatic N) is 5. The minimum Gasteiger partial charge on any atom is -0.476 e. The summed E-state index contributed by atoms with van der Waals surface area (Å²) in [6, 6.07) is 3.59. The predicted octanol–water partition coefficient (Wildman–Crippen LogP) is 0.663. The van der Waals surface area contributed by atoms with E-state index in [2.05, 4.69) is 20.6 Å². The van der Waals surface area contributed by atoms with Crippen molar-refractivity contribution in [3.8, 4) is 5.88 Å². The maximum atomic E-state index is 5.82. The maximum Gasteiger partial charge on any atom is 0.233 e. The first kappa shape index (κ1) is 12.3. The summed E-state index contributed by atoms with van der Waals surface area (Å²) in [5.74, 6) is 1.66. The van der Waals surface area contributed by atoms with E-state index < -0.39 is 0 Å². The van der Waals surface area contributed by atoms with Crippen LogP contribution in [-0.4, -0.2) is 38.4 Å². The Morgan fingerprint density at radius 3 is 2.95 bits per heavy atom. The van der Waals surface area contributed by atoms with Crippen molar-refractivity contribution in [3.63, 3.8) is 0 Å². The molecular formula is C12H18N6O. The average Bonchev–Trinajstić information content (AvgIpc) is 2.93. The summed E-state index contributed by atoms with van der Waals surface area (Å²) < 4.78 is 7.14. The molecule has 2 aromatic heterocycles. The SMILES string of the molecule is NCC1CCCCC1COc1ccc2nnnn2n1. The molecule has 0 aliphatic heterocycles. The second-order valence-corrected chi connectivity index (χ2v) is 5.05. The Balaban J connectivity index is 1.64. The van der Waals surface area contributed by atoms with Crippen molar-refractivity contribution in [2.24, 2.45) is 17.6 Å². The van der Waals surface area contributed by atoms with E-state index in [1.54, 1.807) is 12.1 Å². The lowest BCUT2D eigenvalue weighted by atomic mass is 9.80. The number of hydrogen-bond donors (Lipinski definition) is 1. The van der Waals surface area contributed by atoms with E-state index in [4.69, 9.17) is 10.5 Å². The zero-order valence-electron chi connectivity index (χ0n) is 10.8. The summed E-state index contributed by atoms with van der Waals surface area (Å²) in [4.78, 5) is 0. The summed E-state index contributed by atoms with van der Waals surface area (Å²) in [7, 11) is 0. The molecule has 1 aliphatic carbocycles. The number of ether oxygens (including phenoxy) is 1. The van der Waals surface area contributed by atoms with Crippen LogP contribution < -0.4 is 10.5 Å². The van der Waals surface area contributed by atoms with Gasteiger partial charge in [0.25, 0.3) is 0 Å². The Labute approximate surface area is 111 Å². The van der Waals surface area contributed by atoms with Crippen LogP contribution in [0.15, 0.2) is 12.1 Å². The zero-order chi connectivity index (χ0) is 13.1. The second kappa shape index (κ2) is 5.48. The molecule has 0 aromatic carbocycles. The highest BCUT2D eigenvalue weighted by Gasteiger charge is 2.24. The molecule has 1 saturated carbocycles. The van der Waals surface area contributed by atoms with Crippen molar-refractivity contribution in [1.82, 2.24) is 25.3 Å². The van der Waals surface area contributed by atoms with E-state index in [-0.39, 0.29) is 0 Å². The van der Waals surface area contributed by atoms with Crippen molar-refractivity contribution in [2.45, 2.75) is 25.7 Å². The molecule has 19 heavy (non-hydrogen) atoms. The van der Waals surface area contributed by atoms with Gasteiger partial charge in [-0.1, -0.05) is 12.8 Å². The summed E-state index contributed by atoms with van der Waals surface area (Å²) in [5, 5.41) is 15.3. The molecule has 2 atom stereocenters. The number of rotatable bonds is 4. The van der Waals surface area contributed by atoms with Gasteiger partial charge in [-0.3, -0.25) is 0 Å². The summed E-state index contributed by atoms with van der Waals surface area (Å²) in [5.41, 5.74) is 6.44. The molecule has 0 bridgehead atoms. The van der Waals surface area contributed by atoms with Crippen LogP contribution >= 0.6 is 0 Å². The van der Waals surface area contributed by atoms with Crippen LogP contribution in [0.2, 0.25) is 0 Å². The van der Waals surface area contributed by atoms with Gasteiger partial charge < -0.3 is 10.5 Å². The van der Waals surface area contributed by atoms with Crippen molar-refractivity contribution in [3.05, 3.63) is 12.1 Å². The van der Waals surface area contributed by atoms with E-state index in [9.17, 15) is 0 Å². The molecular weight excluding hydrogens is 244 g/mol. The van der Waals surface area contributed by atoms with Gasteiger partial charge in [-0.2, -0.15) is 0 Å². The van der Waals surface area contributed by atoms with Crippen LogP contribution in [0.25, 0.3) is 5.65 Å². The van der Waals surface area contributed by atoms with E-state index in [0.717, 1.165) is 6.54 Å². The molecule has 0 radical (unpaired) electrons. The molecule has 3 rings (SSSR count). The fourth-order valence-electron chi connectivity index (χ4n) is 2.72. The van der Waals surface area contributed by atoms with E-state index in [0.29, 0.717) is 30.0 Å². The number of aromatic nitrogens is 5. The van der Waals surface area contributed by atoms with Crippen LogP contribution in [0.4, 0.5) is 0 Å². The van der Waals surface area contributed by atoms with Crippen LogP contribution in [0.5, 0.6) is 5.88 Å². The van der Waals surface area contributed by atoms with Crippen molar-refractivity contribution >= 4 is 5.65 Å². The zero-order valence-corrected chi connectivity index (χ0v) is 10.8. The van der Waals surface area contributed by atoms with Gasteiger partial charge in [0.05, 0.1) is 6.61 Å². The molecule has 7 nitrogen and oxygen atoms in total. The van der Waals surface area contributed by atoms with E-state index >= 15 is 0 Å². The minimum absolute atomic E-state index is 0.533. The summed E-state index contributed by atoms with van der Waals surface area (Å²) in [6.45, 7) is 1.41. The third-order valence-corrected chi connectivity index (χ3v) is 3.86. The van der Waals surface area contributed by atoms with Crippen LogP contribution in [0.3, 0.4) is 0 Å². The highest BCUT2D eigenvalue weighted by Crippen LogP contribution is 2.29. The Hall–Kier alpha value is -1.76. The number of fused-ring (bicyclic) bond motifs is 1. The fourth-order valence-corrected chi connectivity index (χ4v) is 2.72. The summed E-state index contributed by atoms with van der Waals surface area (Å²) in [6.07, 6.45) is 4.95. The van der Waals surface area contributed by atoms with Crippen molar-refractivity contribution in [2.75, 3.05) is 13.2 Å². The lowest BCUT2D eigenvalue weighted by Gasteiger charge is -2.30. The highest BCUT2D eigenvalue weighted by atomic mass is 16.5. The molecule has 2 N–H and O–H groups in total. The number of nitrogens with two attached hydrogens (primary N) is 1. The topological polar surface area (TPSA) is 91.2 Å². The fraction of sp³-hybridized carbons (Fsp3) is 0.667. The highest BCUT2D eigenvalue weighted by molar-refractivity contribution is 5.34. The number of tetrazole rings is 1. The van der Waals surface area contributed by atoms with Crippen LogP contribution in [0, 0.1) is 11.8 Å². The quantitative estimate of drug-likeness (QED) is 0.870. The van der Waals surface area contributed by atoms with Crippen molar-refractivity contribution in [1.29, 1.82) is 0 Å². The standard InChI is InChI=1S/C12H18N6O/c13-7-9-3-1-2-4-10(9)8-19-12-6-5-11-14-16-17-18(11)15-12/h5-6,9-10H,1-4,7-8,13H2. The minimum atomic E-state index is 0.533. The van der Waals surface area contributed by atoms with E-state index in [1.165, 1.54) is 30.3 Å². The van der Waals surface area contributed by atoms with Crippen LogP contribution in [-0.2, 0) is 0 Å². The molecule has 0 amide bonds. The first-order valence-corrected chi connectivity index (χ1v) is 6.75. The number of hydrogen-bond acceptors (Lipinski definition) is 6. The lowest BCUT2D eigenvalue weighted by molar-refractivity contribution is 0.148. The van der Waals surface area contributed by atoms with Gasteiger partial charge in [-0.15, -0.1) is 14.8 Å². The maximum absolute atomic E-state index is 5.82. The monoisotopic (exact) mass is 262 g/mol. The normalized spacial score (nSPS) is 23.6. The largest absolute Gasteiger partial charge is 0.476 e. The smallest absolute Gasteiger partial charge is 0.233 e. The Morgan fingerprint density at radius 2 is 2.11 bits per heavy atom. The molecule has 2 aromatic rings. The van der Waals surface area contributed by atoms with Gasteiger partial charge in [0.2, 0.25) is 5.88 Å². The third-order valence-electron chi connectivity index (χ3n) is 3.86. The van der Waals surface area contributed by atoms with Gasteiger partial charge in [0.15, 0.2) is 5.65 Å². The molecule has 1 aliphatic rings. The molecule has 0 saturated heterocycles. The summed E-state index contributed by atoms with van der Waals surface area (Å²) >= 11 is 0.